The topological polar surface area (TPSA) is 29.9 Å². The Bertz CT molecular complexity index is 263. The molecule has 0 aliphatic heterocycles. The highest BCUT2D eigenvalue weighted by atomic mass is 15.0. The van der Waals surface area contributed by atoms with Gasteiger partial charge in [-0.05, 0) is 19.8 Å². The molecule has 1 aliphatic carbocycles. The third-order valence-electron chi connectivity index (χ3n) is 2.73. The van der Waals surface area contributed by atoms with Crippen molar-refractivity contribution in [2.45, 2.75) is 45.3 Å². The molecule has 0 saturated heterocycles. The van der Waals surface area contributed by atoms with E-state index in [1.807, 2.05) is 6.33 Å². The van der Waals surface area contributed by atoms with E-state index in [4.69, 9.17) is 0 Å². The highest BCUT2D eigenvalue weighted by Crippen LogP contribution is 2.18. The lowest BCUT2D eigenvalue weighted by Gasteiger charge is -2.26. The van der Waals surface area contributed by atoms with E-state index in [1.165, 1.54) is 19.3 Å². The van der Waals surface area contributed by atoms with E-state index < -0.39 is 0 Å². The predicted molar refractivity (Wildman–Crippen MR) is 52.4 cm³/mol. The van der Waals surface area contributed by atoms with Gasteiger partial charge in [0.15, 0.2) is 0 Å². The second kappa shape index (κ2) is 3.92. The molecule has 0 bridgehead atoms. The van der Waals surface area contributed by atoms with Crippen LogP contribution in [0.1, 0.15) is 31.9 Å². The predicted octanol–water partition coefficient (Wildman–Crippen LogP) is 1.55. The van der Waals surface area contributed by atoms with E-state index in [2.05, 4.69) is 28.0 Å². The smallest absolute Gasteiger partial charge is 0.0949 e. The van der Waals surface area contributed by atoms with Crippen LogP contribution in [0.4, 0.5) is 0 Å². The average Bonchev–Trinajstić information content (AvgIpc) is 2.49. The summed E-state index contributed by atoms with van der Waals surface area (Å²) in [4.78, 5) is 4.32. The van der Waals surface area contributed by atoms with Crippen LogP contribution in [0.5, 0.6) is 0 Å². The Morgan fingerprint density at radius 3 is 3.00 bits per heavy atom. The number of aromatic nitrogens is 2. The zero-order chi connectivity index (χ0) is 9.10. The van der Waals surface area contributed by atoms with Crippen LogP contribution < -0.4 is 5.32 Å². The molecule has 0 radical (unpaired) electrons. The van der Waals surface area contributed by atoms with Crippen LogP contribution in [0.25, 0.3) is 0 Å². The maximum Gasteiger partial charge on any atom is 0.0949 e. The van der Waals surface area contributed by atoms with Gasteiger partial charge >= 0.3 is 0 Å². The summed E-state index contributed by atoms with van der Waals surface area (Å²) in [7, 11) is 0. The molecule has 1 saturated carbocycles. The van der Waals surface area contributed by atoms with Gasteiger partial charge in [-0.2, -0.15) is 0 Å². The van der Waals surface area contributed by atoms with Crippen LogP contribution in [0.3, 0.4) is 0 Å². The van der Waals surface area contributed by atoms with Gasteiger partial charge in [0, 0.05) is 25.3 Å². The molecular formula is C10H17N3. The molecule has 13 heavy (non-hydrogen) atoms. The van der Waals surface area contributed by atoms with Gasteiger partial charge in [-0.1, -0.05) is 6.42 Å². The Morgan fingerprint density at radius 1 is 1.62 bits per heavy atom. The third-order valence-corrected chi connectivity index (χ3v) is 2.73. The first-order valence-electron chi connectivity index (χ1n) is 5.12. The van der Waals surface area contributed by atoms with Crippen LogP contribution in [-0.4, -0.2) is 15.6 Å². The van der Waals surface area contributed by atoms with Crippen LogP contribution in [0, 0.1) is 0 Å². The molecule has 3 heteroatoms. The van der Waals surface area contributed by atoms with Crippen molar-refractivity contribution < 1.29 is 0 Å². The first-order chi connectivity index (χ1) is 6.38. The second-order valence-electron chi connectivity index (χ2n) is 3.70. The summed E-state index contributed by atoms with van der Waals surface area (Å²) < 4.78 is 2.11. The van der Waals surface area contributed by atoms with Gasteiger partial charge in [-0.3, -0.25) is 0 Å². The minimum Gasteiger partial charge on any atom is -0.337 e. The first kappa shape index (κ1) is 8.75. The summed E-state index contributed by atoms with van der Waals surface area (Å²) >= 11 is 0. The van der Waals surface area contributed by atoms with Crippen molar-refractivity contribution in [1.29, 1.82) is 0 Å². The lowest BCUT2D eigenvalue weighted by Crippen LogP contribution is -2.34. The van der Waals surface area contributed by atoms with Crippen LogP contribution in [0.2, 0.25) is 0 Å². The third kappa shape index (κ3) is 2.10. The van der Waals surface area contributed by atoms with Gasteiger partial charge < -0.3 is 9.88 Å². The van der Waals surface area contributed by atoms with Gasteiger partial charge in [0.25, 0.3) is 0 Å². The minimum atomic E-state index is 0.756. The molecule has 3 nitrogen and oxygen atoms in total. The van der Waals surface area contributed by atoms with Crippen molar-refractivity contribution in [2.75, 3.05) is 0 Å². The van der Waals surface area contributed by atoms with E-state index in [0.717, 1.165) is 24.8 Å². The van der Waals surface area contributed by atoms with Crippen LogP contribution in [-0.2, 0) is 13.1 Å². The molecule has 0 spiro atoms. The van der Waals surface area contributed by atoms with E-state index >= 15 is 0 Å². The molecule has 0 aromatic carbocycles. The van der Waals surface area contributed by atoms with Gasteiger partial charge in [0.2, 0.25) is 0 Å². The monoisotopic (exact) mass is 179 g/mol. The van der Waals surface area contributed by atoms with Gasteiger partial charge in [0.05, 0.1) is 12.0 Å². The Morgan fingerprint density at radius 2 is 2.46 bits per heavy atom. The van der Waals surface area contributed by atoms with Crippen molar-refractivity contribution >= 4 is 0 Å². The number of nitrogens with zero attached hydrogens (tertiary/aromatic N) is 2. The summed E-state index contributed by atoms with van der Waals surface area (Å²) in [6.45, 7) is 4.07. The van der Waals surface area contributed by atoms with Gasteiger partial charge in [-0.15, -0.1) is 0 Å². The molecule has 1 fully saturated rings. The van der Waals surface area contributed by atoms with Gasteiger partial charge in [0.1, 0.15) is 0 Å². The molecule has 72 valence electrons. The van der Waals surface area contributed by atoms with Crippen molar-refractivity contribution in [3.8, 4) is 0 Å². The highest BCUT2D eigenvalue weighted by Gasteiger charge is 2.16. The lowest BCUT2D eigenvalue weighted by atomic mass is 9.93. The molecule has 1 heterocycles. The molecule has 1 aliphatic rings. The summed E-state index contributed by atoms with van der Waals surface area (Å²) in [6, 6.07) is 0.756. The summed E-state index contributed by atoms with van der Waals surface area (Å²) in [5.41, 5.74) is 1.16. The van der Waals surface area contributed by atoms with Crippen LogP contribution in [0.15, 0.2) is 12.5 Å². The quantitative estimate of drug-likeness (QED) is 0.760. The number of rotatable bonds is 4. The molecule has 2 rings (SSSR count). The highest BCUT2D eigenvalue weighted by molar-refractivity contribution is 4.96. The average molecular weight is 179 g/mol. The molecule has 0 atom stereocenters. The molecular weight excluding hydrogens is 162 g/mol. The zero-order valence-corrected chi connectivity index (χ0v) is 8.16. The molecule has 0 amide bonds. The zero-order valence-electron chi connectivity index (χ0n) is 8.16. The molecule has 1 aromatic rings. The Balaban J connectivity index is 1.79. The molecule has 0 unspecified atom stereocenters. The maximum atomic E-state index is 4.32. The minimum absolute atomic E-state index is 0.756. The SMILES string of the molecule is CCn1cnc(CNC2CCC2)c1. The molecule has 1 N–H and O–H groups in total. The summed E-state index contributed by atoms with van der Waals surface area (Å²) in [6.07, 6.45) is 8.09. The largest absolute Gasteiger partial charge is 0.337 e. The first-order valence-corrected chi connectivity index (χ1v) is 5.12. The van der Waals surface area contributed by atoms with Crippen molar-refractivity contribution in [2.24, 2.45) is 0 Å². The number of nitrogens with one attached hydrogen (secondary N) is 1. The van der Waals surface area contributed by atoms with E-state index in [9.17, 15) is 0 Å². The number of imidazole rings is 1. The van der Waals surface area contributed by atoms with Crippen molar-refractivity contribution in [1.82, 2.24) is 14.9 Å². The maximum absolute atomic E-state index is 4.32. The summed E-state index contributed by atoms with van der Waals surface area (Å²) in [5, 5.41) is 3.50. The number of hydrogen-bond donors (Lipinski definition) is 1. The second-order valence-corrected chi connectivity index (χ2v) is 3.70. The number of aryl methyl sites for hydroxylation is 1. The van der Waals surface area contributed by atoms with Crippen LogP contribution >= 0.6 is 0 Å². The standard InChI is InChI=1S/C10H17N3/c1-2-13-7-10(12-8-13)6-11-9-4-3-5-9/h7-9,11H,2-6H2,1H3. The number of hydrogen-bond acceptors (Lipinski definition) is 2. The Labute approximate surface area is 79.2 Å². The van der Waals surface area contributed by atoms with E-state index in [-0.39, 0.29) is 0 Å². The molecule has 1 aromatic heterocycles. The fourth-order valence-corrected chi connectivity index (χ4v) is 1.53. The van der Waals surface area contributed by atoms with Crippen molar-refractivity contribution in [3.05, 3.63) is 18.2 Å². The van der Waals surface area contributed by atoms with E-state index in [0.29, 0.717) is 0 Å². The normalized spacial score (nSPS) is 17.3. The van der Waals surface area contributed by atoms with E-state index in [1.54, 1.807) is 0 Å². The van der Waals surface area contributed by atoms with Gasteiger partial charge in [-0.25, -0.2) is 4.98 Å². The fraction of sp³-hybridized carbons (Fsp3) is 0.700. The fourth-order valence-electron chi connectivity index (χ4n) is 1.53. The van der Waals surface area contributed by atoms with Crippen molar-refractivity contribution in [3.63, 3.8) is 0 Å². The Kier molecular flexibility index (Phi) is 2.64. The Hall–Kier alpha value is -0.830. The summed E-state index contributed by atoms with van der Waals surface area (Å²) in [5.74, 6) is 0. The lowest BCUT2D eigenvalue weighted by molar-refractivity contribution is 0.337.